The molecule has 0 amide bonds. The lowest BCUT2D eigenvalue weighted by molar-refractivity contribution is -0.0664. The second-order valence-corrected chi connectivity index (χ2v) is 11.9. The summed E-state index contributed by atoms with van der Waals surface area (Å²) >= 11 is 0. The smallest absolute Gasteiger partial charge is 0.319 e. The van der Waals surface area contributed by atoms with E-state index in [0.29, 0.717) is 51.9 Å². The number of rotatable bonds is 22. The molecule has 0 aliphatic heterocycles. The second kappa shape index (κ2) is 18.5. The summed E-state index contributed by atoms with van der Waals surface area (Å²) in [7, 11) is -2.97. The Labute approximate surface area is 254 Å². The van der Waals surface area contributed by atoms with Crippen molar-refractivity contribution in [3.05, 3.63) is 97.1 Å². The molecule has 2 unspecified atom stereocenters. The monoisotopic (exact) mass is 600 g/mol. The van der Waals surface area contributed by atoms with E-state index in [-0.39, 0.29) is 13.2 Å². The number of aliphatic hydroxyl groups excluding tert-OH is 2. The molecule has 0 aromatic heterocycles. The number of aliphatic hydroxyl groups is 2. The molecular weight excluding hydrogens is 547 g/mol. The van der Waals surface area contributed by atoms with Gasteiger partial charge in [0.15, 0.2) is 0 Å². The van der Waals surface area contributed by atoms with Crippen LogP contribution in [0.3, 0.4) is 0 Å². The van der Waals surface area contributed by atoms with E-state index in [1.54, 1.807) is 0 Å². The summed E-state index contributed by atoms with van der Waals surface area (Å²) < 4.78 is 24.1. The van der Waals surface area contributed by atoms with E-state index < -0.39 is 31.5 Å². The van der Waals surface area contributed by atoms with Crippen LogP contribution in [0.5, 0.6) is 0 Å². The van der Waals surface area contributed by atoms with Crippen LogP contribution in [0.2, 0.25) is 0 Å². The fraction of sp³-hybridized carbons (Fsp3) is 0.529. The predicted octanol–water partition coefficient (Wildman–Crippen LogP) is 6.63. The van der Waals surface area contributed by atoms with Gasteiger partial charge in [-0.3, -0.25) is 14.4 Å². The first-order valence-electron chi connectivity index (χ1n) is 15.2. The summed E-state index contributed by atoms with van der Waals surface area (Å²) in [6.45, 7) is 18.2. The predicted molar refractivity (Wildman–Crippen MR) is 174 cm³/mol. The third-order valence-electron chi connectivity index (χ3n) is 8.80. The Kier molecular flexibility index (Phi) is 15.9. The molecule has 2 aromatic carbocycles. The topological polar surface area (TPSA) is 82.5 Å². The quantitative estimate of drug-likeness (QED) is 0.116. The maximum absolute atomic E-state index is 12.9. The highest BCUT2D eigenvalue weighted by molar-refractivity contribution is 7.33. The molecular formula is C34H53N2O5P. The maximum atomic E-state index is 12.9. The zero-order chi connectivity index (χ0) is 31.0. The third-order valence-corrected chi connectivity index (χ3v) is 9.60. The lowest BCUT2D eigenvalue weighted by Gasteiger charge is -2.46. The molecule has 0 bridgehead atoms. The van der Waals surface area contributed by atoms with Crippen LogP contribution in [-0.4, -0.2) is 69.6 Å². The van der Waals surface area contributed by atoms with E-state index in [9.17, 15) is 14.8 Å². The van der Waals surface area contributed by atoms with Crippen LogP contribution < -0.4 is 0 Å². The largest absolute Gasteiger partial charge is 0.389 e. The molecule has 0 spiro atoms. The van der Waals surface area contributed by atoms with Crippen LogP contribution in [-0.2, 0) is 26.7 Å². The van der Waals surface area contributed by atoms with Crippen molar-refractivity contribution >= 4 is 8.25 Å². The minimum atomic E-state index is -2.97. The van der Waals surface area contributed by atoms with Crippen LogP contribution in [0.25, 0.3) is 0 Å². The van der Waals surface area contributed by atoms with Gasteiger partial charge in [-0.2, -0.15) is 0 Å². The molecule has 7 nitrogen and oxygen atoms in total. The fourth-order valence-corrected chi connectivity index (χ4v) is 6.80. The zero-order valence-corrected chi connectivity index (χ0v) is 27.1. The van der Waals surface area contributed by atoms with Crippen LogP contribution in [0.4, 0.5) is 0 Å². The first kappa shape index (κ1) is 36.1. The highest BCUT2D eigenvalue weighted by Crippen LogP contribution is 2.35. The van der Waals surface area contributed by atoms with Gasteiger partial charge in [0, 0.05) is 37.3 Å². The fourth-order valence-electron chi connectivity index (χ4n) is 6.13. The minimum Gasteiger partial charge on any atom is -0.389 e. The number of nitrogens with zero attached hydrogens (tertiary/aromatic N) is 2. The Bertz CT molecular complexity index is 977. The molecule has 234 valence electrons. The summed E-state index contributed by atoms with van der Waals surface area (Å²) in [5, 5.41) is 22.8. The number of hydrogen-bond donors (Lipinski definition) is 2. The van der Waals surface area contributed by atoms with Gasteiger partial charge >= 0.3 is 8.25 Å². The zero-order valence-electron chi connectivity index (χ0n) is 26.1. The van der Waals surface area contributed by atoms with Crippen molar-refractivity contribution in [3.63, 3.8) is 0 Å². The first-order chi connectivity index (χ1) is 20.3. The average molecular weight is 601 g/mol. The SMILES string of the molecule is C=CCN(Cc1ccccc1)C(CC)(CC)C(O)CO[PH](=O)OCC(O)C(CC)(CC)N(CC=C)Cc1ccccc1. The molecule has 0 saturated heterocycles. The first-order valence-corrected chi connectivity index (χ1v) is 16.4. The highest BCUT2D eigenvalue weighted by atomic mass is 31.1. The van der Waals surface area contributed by atoms with Gasteiger partial charge in [-0.25, -0.2) is 0 Å². The van der Waals surface area contributed by atoms with E-state index >= 15 is 0 Å². The van der Waals surface area contributed by atoms with Gasteiger partial charge in [0.25, 0.3) is 0 Å². The summed E-state index contributed by atoms with van der Waals surface area (Å²) in [6.07, 6.45) is 4.55. The molecule has 0 fully saturated rings. The lowest BCUT2D eigenvalue weighted by Crippen LogP contribution is -2.57. The Morgan fingerprint density at radius 2 is 1.05 bits per heavy atom. The van der Waals surface area contributed by atoms with Crippen molar-refractivity contribution in [1.82, 2.24) is 9.80 Å². The standard InChI is InChI=1S/C34H53N2O5P/c1-7-23-35(25-29-19-15-13-16-20-29)33(9-3,10-4)31(37)27-40-42(39)41-28-32(38)34(11-5,12-6)36(24-8-2)26-30-21-17-14-18-22-30/h7-8,13-22,31-32,37-38,42H,1-2,9-12,23-28H2,3-6H3. The van der Waals surface area contributed by atoms with Crippen molar-refractivity contribution in [1.29, 1.82) is 0 Å². The molecule has 2 N–H and O–H groups in total. The Morgan fingerprint density at radius 3 is 1.33 bits per heavy atom. The summed E-state index contributed by atoms with van der Waals surface area (Å²) in [6, 6.07) is 20.2. The van der Waals surface area contributed by atoms with Gasteiger partial charge < -0.3 is 19.3 Å². The molecule has 2 aromatic rings. The number of benzene rings is 2. The van der Waals surface area contributed by atoms with E-state index in [4.69, 9.17) is 9.05 Å². The molecule has 8 heteroatoms. The molecule has 2 rings (SSSR count). The van der Waals surface area contributed by atoms with E-state index in [1.807, 2.05) is 76.2 Å². The molecule has 0 aliphatic rings. The molecule has 0 saturated carbocycles. The van der Waals surface area contributed by atoms with Crippen LogP contribution >= 0.6 is 8.25 Å². The minimum absolute atomic E-state index is 0.138. The van der Waals surface area contributed by atoms with Crippen molar-refractivity contribution in [2.45, 2.75) is 89.8 Å². The molecule has 0 radical (unpaired) electrons. The normalized spacial score (nSPS) is 14.6. The lowest BCUT2D eigenvalue weighted by atomic mass is 9.84. The molecule has 42 heavy (non-hydrogen) atoms. The van der Waals surface area contributed by atoms with Crippen molar-refractivity contribution in [2.75, 3.05) is 26.3 Å². The van der Waals surface area contributed by atoms with Crippen LogP contribution in [0.15, 0.2) is 86.0 Å². The second-order valence-electron chi connectivity index (χ2n) is 10.8. The van der Waals surface area contributed by atoms with Gasteiger partial charge in [0.2, 0.25) is 0 Å². The van der Waals surface area contributed by atoms with Gasteiger partial charge in [0.05, 0.1) is 25.4 Å². The third kappa shape index (κ3) is 9.45. The highest BCUT2D eigenvalue weighted by Gasteiger charge is 2.42. The van der Waals surface area contributed by atoms with E-state index in [1.165, 1.54) is 0 Å². The van der Waals surface area contributed by atoms with Gasteiger partial charge in [-0.05, 0) is 36.8 Å². The summed E-state index contributed by atoms with van der Waals surface area (Å²) in [5.41, 5.74) is 1.07. The van der Waals surface area contributed by atoms with Crippen LogP contribution in [0.1, 0.15) is 64.5 Å². The van der Waals surface area contributed by atoms with Crippen molar-refractivity contribution in [2.24, 2.45) is 0 Å². The van der Waals surface area contributed by atoms with E-state index in [0.717, 1.165) is 11.1 Å². The van der Waals surface area contributed by atoms with Gasteiger partial charge in [-0.1, -0.05) is 101 Å². The Balaban J connectivity index is 2.08. The molecule has 0 heterocycles. The van der Waals surface area contributed by atoms with Gasteiger partial charge in [-0.15, -0.1) is 13.2 Å². The summed E-state index contributed by atoms with van der Waals surface area (Å²) in [5.74, 6) is 0. The number of hydrogen-bond acceptors (Lipinski definition) is 7. The Hall–Kier alpha value is -2.09. The van der Waals surface area contributed by atoms with E-state index in [2.05, 4.69) is 47.2 Å². The molecule has 0 aliphatic carbocycles. The maximum Gasteiger partial charge on any atom is 0.319 e. The van der Waals surface area contributed by atoms with Gasteiger partial charge in [0.1, 0.15) is 0 Å². The molecule has 2 atom stereocenters. The average Bonchev–Trinajstić information content (AvgIpc) is 3.02. The van der Waals surface area contributed by atoms with Crippen LogP contribution in [0, 0.1) is 0 Å². The Morgan fingerprint density at radius 1 is 0.714 bits per heavy atom. The van der Waals surface area contributed by atoms with Crippen molar-refractivity contribution in [3.8, 4) is 0 Å². The summed E-state index contributed by atoms with van der Waals surface area (Å²) in [4.78, 5) is 4.42. The van der Waals surface area contributed by atoms with Crippen molar-refractivity contribution < 1.29 is 23.8 Å².